The summed E-state index contributed by atoms with van der Waals surface area (Å²) in [6.45, 7) is 8.55. The summed E-state index contributed by atoms with van der Waals surface area (Å²) in [5.41, 5.74) is 2.00. The van der Waals surface area contributed by atoms with Crippen LogP contribution in [0.5, 0.6) is 5.75 Å². The van der Waals surface area contributed by atoms with Crippen molar-refractivity contribution in [2.45, 2.75) is 71.2 Å². The summed E-state index contributed by atoms with van der Waals surface area (Å²) in [7, 11) is 1.63. The Morgan fingerprint density at radius 3 is 2.37 bits per heavy atom. The topological polar surface area (TPSA) is 99.8 Å². The summed E-state index contributed by atoms with van der Waals surface area (Å²) in [4.78, 5) is 41.3. The van der Waals surface area contributed by atoms with Gasteiger partial charge in [0.25, 0.3) is 0 Å². The molecule has 3 N–H and O–H groups in total. The first kappa shape index (κ1) is 29.2. The molecule has 0 saturated heterocycles. The number of nitrogens with one attached hydrogen (secondary N) is 3. The van der Waals surface area contributed by atoms with Gasteiger partial charge in [-0.3, -0.25) is 14.4 Å². The Hall–Kier alpha value is -3.39. The van der Waals surface area contributed by atoms with Crippen LogP contribution in [0.4, 0.5) is 0 Å². The van der Waals surface area contributed by atoms with Gasteiger partial charge in [0.2, 0.25) is 17.7 Å². The van der Waals surface area contributed by atoms with Gasteiger partial charge in [0, 0.05) is 26.6 Å². The van der Waals surface area contributed by atoms with Crippen LogP contribution in [0, 0.1) is 5.92 Å². The summed E-state index contributed by atoms with van der Waals surface area (Å²) >= 11 is 0. The Kier molecular flexibility index (Phi) is 10.7. The zero-order valence-corrected chi connectivity index (χ0v) is 23.2. The first-order valence-corrected chi connectivity index (χ1v) is 13.5. The molecule has 2 aromatic carbocycles. The van der Waals surface area contributed by atoms with Gasteiger partial charge in [-0.1, -0.05) is 62.4 Å². The molecule has 0 fully saturated rings. The number of ether oxygens (including phenoxy) is 1. The fourth-order valence-corrected chi connectivity index (χ4v) is 4.54. The standard InChI is InChI=1S/C30H42N4O4/c1-20(2)27-30(37)34(5)22(4)28(35)33-25(18-23-12-7-6-8-13-23)29(36)31-17-11-15-24-14-9-10-16-26(24)38-21(3)19-32-27/h6-10,12-14,16,20-22,25,27,32H,11,15,17-19H2,1-5H3,(H,31,36)(H,33,35)/t21-,22+,25+,27-/m0/s1. The maximum Gasteiger partial charge on any atom is 0.243 e. The summed E-state index contributed by atoms with van der Waals surface area (Å²) in [6.07, 6.45) is 1.65. The smallest absolute Gasteiger partial charge is 0.243 e. The van der Waals surface area contributed by atoms with Crippen LogP contribution in [0.2, 0.25) is 0 Å². The number of amides is 3. The number of carbonyl (C=O) groups is 3. The molecule has 8 nitrogen and oxygen atoms in total. The lowest BCUT2D eigenvalue weighted by Crippen LogP contribution is -2.57. The van der Waals surface area contributed by atoms with Crippen molar-refractivity contribution in [1.29, 1.82) is 0 Å². The van der Waals surface area contributed by atoms with Gasteiger partial charge in [0.15, 0.2) is 0 Å². The van der Waals surface area contributed by atoms with Gasteiger partial charge in [-0.25, -0.2) is 0 Å². The molecule has 2 aromatic rings. The number of hydrogen-bond donors (Lipinski definition) is 3. The Bertz CT molecular complexity index is 1070. The molecule has 1 heterocycles. The van der Waals surface area contributed by atoms with E-state index < -0.39 is 18.1 Å². The third-order valence-corrected chi connectivity index (χ3v) is 7.00. The highest BCUT2D eigenvalue weighted by molar-refractivity contribution is 5.93. The number of nitrogens with zero attached hydrogens (tertiary/aromatic N) is 1. The van der Waals surface area contributed by atoms with Crippen molar-refractivity contribution in [3.05, 3.63) is 65.7 Å². The Balaban J connectivity index is 1.86. The number of para-hydroxylation sites is 1. The molecule has 0 unspecified atom stereocenters. The molecule has 0 radical (unpaired) electrons. The van der Waals surface area contributed by atoms with Gasteiger partial charge >= 0.3 is 0 Å². The molecular weight excluding hydrogens is 480 g/mol. The molecule has 4 atom stereocenters. The first-order chi connectivity index (χ1) is 18.2. The summed E-state index contributed by atoms with van der Waals surface area (Å²) in [5, 5.41) is 9.25. The van der Waals surface area contributed by atoms with Gasteiger partial charge in [0.1, 0.15) is 23.9 Å². The second-order valence-corrected chi connectivity index (χ2v) is 10.4. The van der Waals surface area contributed by atoms with Gasteiger partial charge in [-0.15, -0.1) is 0 Å². The summed E-state index contributed by atoms with van der Waals surface area (Å²) < 4.78 is 6.24. The quantitative estimate of drug-likeness (QED) is 0.576. The van der Waals surface area contributed by atoms with E-state index in [-0.39, 0.29) is 29.7 Å². The van der Waals surface area contributed by atoms with Crippen molar-refractivity contribution in [3.63, 3.8) is 0 Å². The third-order valence-electron chi connectivity index (χ3n) is 7.00. The number of rotatable bonds is 3. The van der Waals surface area contributed by atoms with Crippen LogP contribution in [0.3, 0.4) is 0 Å². The van der Waals surface area contributed by atoms with E-state index in [1.165, 1.54) is 4.90 Å². The van der Waals surface area contributed by atoms with Crippen molar-refractivity contribution in [1.82, 2.24) is 20.9 Å². The van der Waals surface area contributed by atoms with Gasteiger partial charge in [-0.2, -0.15) is 0 Å². The van der Waals surface area contributed by atoms with Gasteiger partial charge < -0.3 is 25.6 Å². The highest BCUT2D eigenvalue weighted by atomic mass is 16.5. The van der Waals surface area contributed by atoms with Crippen LogP contribution in [0.1, 0.15) is 45.2 Å². The molecule has 206 valence electrons. The minimum atomic E-state index is -0.759. The molecule has 0 aliphatic carbocycles. The third kappa shape index (κ3) is 8.05. The molecule has 0 spiro atoms. The van der Waals surface area contributed by atoms with Gasteiger partial charge in [-0.05, 0) is 49.8 Å². The zero-order chi connectivity index (χ0) is 27.7. The van der Waals surface area contributed by atoms with E-state index in [4.69, 9.17) is 4.74 Å². The van der Waals surface area contributed by atoms with E-state index in [1.807, 2.05) is 75.4 Å². The van der Waals surface area contributed by atoms with Crippen LogP contribution in [0.15, 0.2) is 54.6 Å². The summed E-state index contributed by atoms with van der Waals surface area (Å²) in [5.74, 6) is 0.0134. The highest BCUT2D eigenvalue weighted by Gasteiger charge is 2.32. The van der Waals surface area contributed by atoms with E-state index in [1.54, 1.807) is 14.0 Å². The Labute approximate surface area is 226 Å². The van der Waals surface area contributed by atoms with Gasteiger partial charge in [0.05, 0.1) is 6.04 Å². The molecular formula is C30H42N4O4. The van der Waals surface area contributed by atoms with E-state index in [0.29, 0.717) is 19.5 Å². The average Bonchev–Trinajstić information content (AvgIpc) is 2.90. The molecule has 8 heteroatoms. The van der Waals surface area contributed by atoms with E-state index in [9.17, 15) is 14.4 Å². The predicted octanol–water partition coefficient (Wildman–Crippen LogP) is 2.70. The molecule has 38 heavy (non-hydrogen) atoms. The van der Waals surface area contributed by atoms with Crippen molar-refractivity contribution in [3.8, 4) is 5.75 Å². The lowest BCUT2D eigenvalue weighted by atomic mass is 10.0. The second-order valence-electron chi connectivity index (χ2n) is 10.4. The molecule has 1 aliphatic heterocycles. The van der Waals surface area contributed by atoms with E-state index in [0.717, 1.165) is 29.7 Å². The molecule has 3 rings (SSSR count). The zero-order valence-electron chi connectivity index (χ0n) is 23.2. The molecule has 3 amide bonds. The van der Waals surface area contributed by atoms with Crippen LogP contribution in [0.25, 0.3) is 0 Å². The maximum absolute atomic E-state index is 13.4. The average molecular weight is 523 g/mol. The number of aryl methyl sites for hydroxylation is 1. The van der Waals surface area contributed by atoms with Crippen molar-refractivity contribution in [2.75, 3.05) is 20.1 Å². The number of benzene rings is 2. The SMILES string of the molecule is CC(C)[C@@H]1NC[C@H](C)Oc2ccccc2CCCNC(=O)[C@@H](Cc2ccccc2)NC(=O)[C@@H](C)N(C)C1=O. The number of likely N-dealkylation sites (N-methyl/N-ethyl adjacent to an activating group) is 1. The van der Waals surface area contributed by atoms with E-state index in [2.05, 4.69) is 16.0 Å². The van der Waals surface area contributed by atoms with Crippen LogP contribution < -0.4 is 20.7 Å². The predicted molar refractivity (Wildman–Crippen MR) is 149 cm³/mol. The Morgan fingerprint density at radius 1 is 0.974 bits per heavy atom. The lowest BCUT2D eigenvalue weighted by Gasteiger charge is -2.32. The van der Waals surface area contributed by atoms with Crippen LogP contribution >= 0.6 is 0 Å². The largest absolute Gasteiger partial charge is 0.489 e. The van der Waals surface area contributed by atoms with Crippen LogP contribution in [-0.4, -0.2) is 67.0 Å². The number of carbonyl (C=O) groups excluding carboxylic acids is 3. The van der Waals surface area contributed by atoms with Crippen molar-refractivity contribution >= 4 is 17.7 Å². The number of hydrogen-bond acceptors (Lipinski definition) is 5. The van der Waals surface area contributed by atoms with Crippen LogP contribution in [-0.2, 0) is 27.2 Å². The van der Waals surface area contributed by atoms with Crippen molar-refractivity contribution < 1.29 is 19.1 Å². The minimum absolute atomic E-state index is 0.00176. The monoisotopic (exact) mass is 522 g/mol. The molecule has 0 saturated carbocycles. The number of fused-ring (bicyclic) bond motifs is 1. The maximum atomic E-state index is 13.4. The molecule has 1 aliphatic rings. The highest BCUT2D eigenvalue weighted by Crippen LogP contribution is 2.21. The normalized spacial score (nSPS) is 24.5. The van der Waals surface area contributed by atoms with E-state index >= 15 is 0 Å². The fraction of sp³-hybridized carbons (Fsp3) is 0.500. The molecule has 0 bridgehead atoms. The first-order valence-electron chi connectivity index (χ1n) is 13.5. The molecule has 0 aromatic heterocycles. The summed E-state index contributed by atoms with van der Waals surface area (Å²) in [6, 6.07) is 15.5. The van der Waals surface area contributed by atoms with Crippen molar-refractivity contribution in [2.24, 2.45) is 5.92 Å². The fourth-order valence-electron chi connectivity index (χ4n) is 4.54. The second kappa shape index (κ2) is 14.0. The lowest BCUT2D eigenvalue weighted by molar-refractivity contribution is -0.141. The minimum Gasteiger partial charge on any atom is -0.489 e. The Morgan fingerprint density at radius 2 is 1.66 bits per heavy atom.